The molecule has 0 unspecified atom stereocenters. The summed E-state index contributed by atoms with van der Waals surface area (Å²) in [6.07, 6.45) is 1.92. The molecule has 0 spiro atoms. The predicted molar refractivity (Wildman–Crippen MR) is 113 cm³/mol. The Balaban J connectivity index is 1.85. The van der Waals surface area contributed by atoms with Crippen molar-refractivity contribution < 1.29 is 23.9 Å². The van der Waals surface area contributed by atoms with Crippen LogP contribution in [-0.2, 0) is 19.1 Å². The van der Waals surface area contributed by atoms with E-state index in [-0.39, 0.29) is 23.5 Å². The zero-order valence-electron chi connectivity index (χ0n) is 17.2. The van der Waals surface area contributed by atoms with Gasteiger partial charge in [0.1, 0.15) is 5.75 Å². The second-order valence-corrected chi connectivity index (χ2v) is 6.91. The summed E-state index contributed by atoms with van der Waals surface area (Å²) in [4.78, 5) is 39.3. The van der Waals surface area contributed by atoms with Crippen LogP contribution in [0.25, 0.3) is 6.08 Å². The summed E-state index contributed by atoms with van der Waals surface area (Å²) in [7, 11) is 0. The van der Waals surface area contributed by atoms with E-state index in [2.05, 4.69) is 10.3 Å². The van der Waals surface area contributed by atoms with Crippen molar-refractivity contribution in [2.24, 2.45) is 4.99 Å². The first-order valence-electron chi connectivity index (χ1n) is 9.49. The number of benzene rings is 2. The first-order chi connectivity index (χ1) is 14.3. The van der Waals surface area contributed by atoms with Crippen LogP contribution in [0.15, 0.2) is 47.1 Å². The molecule has 0 fully saturated rings. The molecular weight excluding hydrogens is 384 g/mol. The molecule has 0 saturated carbocycles. The van der Waals surface area contributed by atoms with Crippen molar-refractivity contribution in [3.63, 3.8) is 0 Å². The van der Waals surface area contributed by atoms with Gasteiger partial charge in [0.05, 0.1) is 0 Å². The van der Waals surface area contributed by atoms with Crippen molar-refractivity contribution in [1.29, 1.82) is 0 Å². The number of nitrogens with zero attached hydrogens (tertiary/aromatic N) is 1. The number of aryl methyl sites for hydroxylation is 2. The summed E-state index contributed by atoms with van der Waals surface area (Å²) >= 11 is 0. The molecule has 1 N–H and O–H groups in total. The molecule has 0 atom stereocenters. The van der Waals surface area contributed by atoms with Crippen molar-refractivity contribution in [3.8, 4) is 5.75 Å². The molecule has 30 heavy (non-hydrogen) atoms. The summed E-state index contributed by atoms with van der Waals surface area (Å²) in [6.45, 7) is 6.84. The van der Waals surface area contributed by atoms with E-state index in [4.69, 9.17) is 9.47 Å². The van der Waals surface area contributed by atoms with Gasteiger partial charge >= 0.3 is 11.9 Å². The third-order valence-corrected chi connectivity index (χ3v) is 4.36. The fourth-order valence-corrected chi connectivity index (χ4v) is 3.00. The number of ether oxygens (including phenoxy) is 2. The van der Waals surface area contributed by atoms with Crippen LogP contribution in [0.2, 0.25) is 0 Å². The minimum Gasteiger partial charge on any atom is -0.426 e. The molecule has 0 aliphatic carbocycles. The van der Waals surface area contributed by atoms with Crippen LogP contribution in [0.4, 0.5) is 5.69 Å². The molecule has 7 heteroatoms. The number of rotatable bonds is 5. The predicted octanol–water partition coefficient (Wildman–Crippen LogP) is 3.92. The van der Waals surface area contributed by atoms with E-state index in [1.807, 2.05) is 26.0 Å². The van der Waals surface area contributed by atoms with Gasteiger partial charge in [-0.05, 0) is 73.0 Å². The van der Waals surface area contributed by atoms with E-state index in [1.165, 1.54) is 6.92 Å². The number of esters is 2. The number of carbonyl (C=O) groups excluding carboxylic acids is 3. The van der Waals surface area contributed by atoms with Gasteiger partial charge in [0.25, 0.3) is 0 Å². The molecule has 7 nitrogen and oxygen atoms in total. The van der Waals surface area contributed by atoms with Gasteiger partial charge in [0, 0.05) is 24.6 Å². The van der Waals surface area contributed by atoms with E-state index in [9.17, 15) is 14.4 Å². The number of nitrogens with one attached hydrogen (secondary N) is 1. The van der Waals surface area contributed by atoms with Gasteiger partial charge < -0.3 is 14.8 Å². The highest BCUT2D eigenvalue weighted by molar-refractivity contribution is 6.13. The molecule has 1 amide bonds. The molecule has 1 aliphatic rings. The van der Waals surface area contributed by atoms with Gasteiger partial charge in [-0.3, -0.25) is 9.59 Å². The number of amides is 1. The second kappa shape index (κ2) is 8.73. The van der Waals surface area contributed by atoms with E-state index in [0.717, 1.165) is 16.7 Å². The molecule has 154 valence electrons. The van der Waals surface area contributed by atoms with Gasteiger partial charge in [-0.15, -0.1) is 0 Å². The van der Waals surface area contributed by atoms with E-state index in [0.29, 0.717) is 23.4 Å². The summed E-state index contributed by atoms with van der Waals surface area (Å²) in [6, 6.07) is 10.5. The van der Waals surface area contributed by atoms with Crippen molar-refractivity contribution in [2.45, 2.75) is 34.1 Å². The maximum Gasteiger partial charge on any atom is 0.363 e. The smallest absolute Gasteiger partial charge is 0.363 e. The van der Waals surface area contributed by atoms with Crippen molar-refractivity contribution in [3.05, 3.63) is 64.3 Å². The average molecular weight is 406 g/mol. The number of hydrogen-bond donors (Lipinski definition) is 1. The number of cyclic esters (lactones) is 1. The minimum absolute atomic E-state index is 0.168. The van der Waals surface area contributed by atoms with Crippen LogP contribution in [-0.4, -0.2) is 23.7 Å². The molecule has 0 aromatic heterocycles. The topological polar surface area (TPSA) is 94.1 Å². The van der Waals surface area contributed by atoms with Crippen LogP contribution in [0.5, 0.6) is 5.75 Å². The molecule has 0 radical (unpaired) electrons. The lowest BCUT2D eigenvalue weighted by Gasteiger charge is -2.11. The molecule has 0 saturated heterocycles. The largest absolute Gasteiger partial charge is 0.426 e. The van der Waals surface area contributed by atoms with Gasteiger partial charge in [0.15, 0.2) is 5.70 Å². The Kier molecular flexibility index (Phi) is 6.11. The number of anilines is 1. The SMILES string of the molecule is CCC(=O)Oc1c(C)cc(/C=C2\N=C(c3ccc(NC(C)=O)cc3)OC2=O)cc1C. The van der Waals surface area contributed by atoms with Crippen molar-refractivity contribution in [2.75, 3.05) is 5.32 Å². The zero-order chi connectivity index (χ0) is 21.8. The maximum absolute atomic E-state index is 12.3. The third kappa shape index (κ3) is 4.81. The molecular formula is C23H22N2O5. The maximum atomic E-state index is 12.3. The van der Waals surface area contributed by atoms with Crippen LogP contribution in [0.1, 0.15) is 42.5 Å². The Bertz CT molecular complexity index is 1060. The third-order valence-electron chi connectivity index (χ3n) is 4.36. The van der Waals surface area contributed by atoms with Gasteiger partial charge in [-0.2, -0.15) is 0 Å². The van der Waals surface area contributed by atoms with E-state index >= 15 is 0 Å². The summed E-state index contributed by atoms with van der Waals surface area (Å²) < 4.78 is 10.7. The first kappa shape index (κ1) is 21.0. The fourth-order valence-electron chi connectivity index (χ4n) is 3.00. The van der Waals surface area contributed by atoms with Crippen LogP contribution < -0.4 is 10.1 Å². The number of aliphatic imine (C=N–C) groups is 1. The van der Waals surface area contributed by atoms with Crippen LogP contribution >= 0.6 is 0 Å². The highest BCUT2D eigenvalue weighted by Gasteiger charge is 2.24. The highest BCUT2D eigenvalue weighted by Crippen LogP contribution is 2.27. The van der Waals surface area contributed by atoms with Crippen molar-refractivity contribution in [1.82, 2.24) is 0 Å². The Hall–Kier alpha value is -3.74. The average Bonchev–Trinajstić information content (AvgIpc) is 3.05. The number of carbonyl (C=O) groups is 3. The van der Waals surface area contributed by atoms with Crippen LogP contribution in [0.3, 0.4) is 0 Å². The Morgan fingerprint density at radius 3 is 2.33 bits per heavy atom. The molecule has 1 aliphatic heterocycles. The van der Waals surface area contributed by atoms with Crippen molar-refractivity contribution >= 4 is 35.5 Å². The lowest BCUT2D eigenvalue weighted by atomic mass is 10.0. The fraction of sp³-hybridized carbons (Fsp3) is 0.217. The normalized spacial score (nSPS) is 14.3. The molecule has 2 aromatic rings. The summed E-state index contributed by atoms with van der Waals surface area (Å²) in [5.41, 5.74) is 3.75. The van der Waals surface area contributed by atoms with Gasteiger partial charge in [0.2, 0.25) is 11.8 Å². The molecule has 2 aromatic carbocycles. The quantitative estimate of drug-likeness (QED) is 0.461. The number of hydrogen-bond acceptors (Lipinski definition) is 6. The molecule has 3 rings (SSSR count). The molecule has 1 heterocycles. The Morgan fingerprint density at radius 1 is 1.13 bits per heavy atom. The summed E-state index contributed by atoms with van der Waals surface area (Å²) in [5, 5.41) is 2.67. The van der Waals surface area contributed by atoms with Crippen LogP contribution in [0, 0.1) is 13.8 Å². The monoisotopic (exact) mass is 406 g/mol. The zero-order valence-corrected chi connectivity index (χ0v) is 17.2. The van der Waals surface area contributed by atoms with E-state index in [1.54, 1.807) is 37.3 Å². The minimum atomic E-state index is -0.548. The lowest BCUT2D eigenvalue weighted by Crippen LogP contribution is -2.08. The summed E-state index contributed by atoms with van der Waals surface area (Å²) in [5.74, 6) is -0.291. The second-order valence-electron chi connectivity index (χ2n) is 6.91. The first-order valence-corrected chi connectivity index (χ1v) is 9.49. The van der Waals surface area contributed by atoms with E-state index < -0.39 is 5.97 Å². The Labute approximate surface area is 174 Å². The lowest BCUT2D eigenvalue weighted by molar-refractivity contribution is -0.134. The van der Waals surface area contributed by atoms with Gasteiger partial charge in [-0.1, -0.05) is 6.92 Å². The Morgan fingerprint density at radius 2 is 1.77 bits per heavy atom. The highest BCUT2D eigenvalue weighted by atomic mass is 16.6. The standard InChI is InChI=1S/C23H22N2O5/c1-5-20(27)29-21-13(2)10-16(11-14(21)3)12-19-23(28)30-22(25-19)17-6-8-18(9-7-17)24-15(4)26/h6-12H,5H2,1-4H3,(H,24,26)/b19-12-. The molecule has 0 bridgehead atoms. The van der Waals surface area contributed by atoms with Gasteiger partial charge in [-0.25, -0.2) is 9.79 Å².